The van der Waals surface area contributed by atoms with Crippen LogP contribution >= 0.6 is 0 Å². The number of hydrogen-bond donors (Lipinski definition) is 1. The van der Waals surface area contributed by atoms with Gasteiger partial charge in [0.1, 0.15) is 24.0 Å². The third kappa shape index (κ3) is 3.90. The lowest BCUT2D eigenvalue weighted by Crippen LogP contribution is -2.32. The first-order chi connectivity index (χ1) is 14.0. The molecule has 0 spiro atoms. The van der Waals surface area contributed by atoms with Crippen LogP contribution in [0.2, 0.25) is 0 Å². The van der Waals surface area contributed by atoms with Gasteiger partial charge in [-0.2, -0.15) is 5.26 Å². The van der Waals surface area contributed by atoms with E-state index in [1.54, 1.807) is 25.4 Å². The largest absolute Gasteiger partial charge is 0.366 e. The molecule has 0 saturated carbocycles. The third-order valence-electron chi connectivity index (χ3n) is 5.31. The first-order valence-corrected chi connectivity index (χ1v) is 9.62. The van der Waals surface area contributed by atoms with Gasteiger partial charge in [-0.25, -0.2) is 14.4 Å². The molecule has 0 radical (unpaired) electrons. The number of halogens is 1. The van der Waals surface area contributed by atoms with Crippen LogP contribution in [-0.4, -0.2) is 16.5 Å². The van der Waals surface area contributed by atoms with Crippen molar-refractivity contribution in [2.24, 2.45) is 0 Å². The lowest BCUT2D eigenvalue weighted by molar-refractivity contribution is 0.616. The van der Waals surface area contributed by atoms with E-state index in [9.17, 15) is 9.65 Å². The van der Waals surface area contributed by atoms with Gasteiger partial charge in [0.25, 0.3) is 0 Å². The molecule has 0 amide bonds. The molecule has 4 rings (SSSR count). The summed E-state index contributed by atoms with van der Waals surface area (Å²) >= 11 is 0. The molecule has 0 unspecified atom stereocenters. The van der Waals surface area contributed by atoms with Crippen molar-refractivity contribution in [3.8, 4) is 6.07 Å². The monoisotopic (exact) mass is 387 g/mol. The van der Waals surface area contributed by atoms with Gasteiger partial charge in [-0.3, -0.25) is 0 Å². The second kappa shape index (κ2) is 7.88. The number of rotatable bonds is 4. The summed E-state index contributed by atoms with van der Waals surface area (Å²) < 4.78 is 13.8. The summed E-state index contributed by atoms with van der Waals surface area (Å²) in [6.45, 7) is 5.64. The van der Waals surface area contributed by atoms with Crippen LogP contribution in [0, 0.1) is 31.0 Å². The minimum absolute atomic E-state index is 0.205. The minimum atomic E-state index is -0.205. The molecule has 0 fully saturated rings. The molecule has 5 nitrogen and oxygen atoms in total. The summed E-state index contributed by atoms with van der Waals surface area (Å²) in [5.74, 6) is 0.551. The zero-order valence-corrected chi connectivity index (χ0v) is 16.5. The Morgan fingerprint density at radius 1 is 1.17 bits per heavy atom. The molecule has 0 saturated heterocycles. The second-order valence-corrected chi connectivity index (χ2v) is 7.39. The number of nitrogens with zero attached hydrogens (tertiary/aromatic N) is 4. The van der Waals surface area contributed by atoms with Gasteiger partial charge in [-0.05, 0) is 48.7 Å². The van der Waals surface area contributed by atoms with Crippen LogP contribution in [0.25, 0.3) is 0 Å². The maximum absolute atomic E-state index is 13.8. The first-order valence-electron chi connectivity index (χ1n) is 9.62. The van der Waals surface area contributed by atoms with E-state index < -0.39 is 0 Å². The van der Waals surface area contributed by atoms with Gasteiger partial charge >= 0.3 is 0 Å². The van der Waals surface area contributed by atoms with Gasteiger partial charge in [0, 0.05) is 31.6 Å². The van der Waals surface area contributed by atoms with Crippen molar-refractivity contribution in [2.45, 2.75) is 33.4 Å². The fourth-order valence-corrected chi connectivity index (χ4v) is 3.65. The SMILES string of the molecule is Cc1ccc(N2CCc3ncnc(NCc4ccc(C)c(F)c4)c3C2)c(C#N)c1. The summed E-state index contributed by atoms with van der Waals surface area (Å²) in [5, 5.41) is 12.9. The number of anilines is 2. The van der Waals surface area contributed by atoms with E-state index in [-0.39, 0.29) is 5.82 Å². The van der Waals surface area contributed by atoms with E-state index in [0.29, 0.717) is 24.2 Å². The average Bonchev–Trinajstić information content (AvgIpc) is 2.74. The Morgan fingerprint density at radius 3 is 2.83 bits per heavy atom. The molecule has 29 heavy (non-hydrogen) atoms. The average molecular weight is 387 g/mol. The maximum Gasteiger partial charge on any atom is 0.134 e. The molecular weight excluding hydrogens is 365 g/mol. The molecule has 3 aromatic rings. The van der Waals surface area contributed by atoms with Gasteiger partial charge in [0.05, 0.1) is 16.9 Å². The van der Waals surface area contributed by atoms with E-state index in [4.69, 9.17) is 0 Å². The van der Waals surface area contributed by atoms with Crippen LogP contribution in [0.15, 0.2) is 42.7 Å². The molecule has 0 atom stereocenters. The van der Waals surface area contributed by atoms with Crippen LogP contribution in [0.5, 0.6) is 0 Å². The molecular formula is C23H22FN5. The first kappa shape index (κ1) is 18.9. The lowest BCUT2D eigenvalue weighted by Gasteiger charge is -2.31. The third-order valence-corrected chi connectivity index (χ3v) is 5.31. The molecule has 1 N–H and O–H groups in total. The van der Waals surface area contributed by atoms with Gasteiger partial charge in [0.2, 0.25) is 0 Å². The Labute approximate surface area is 169 Å². The maximum atomic E-state index is 13.8. The number of aromatic nitrogens is 2. The summed E-state index contributed by atoms with van der Waals surface area (Å²) in [7, 11) is 0. The van der Waals surface area contributed by atoms with Crippen LogP contribution in [0.1, 0.15) is 33.5 Å². The molecule has 2 aromatic carbocycles. The van der Waals surface area contributed by atoms with Crippen molar-refractivity contribution in [3.05, 3.63) is 82.1 Å². The van der Waals surface area contributed by atoms with Crippen LogP contribution in [0.3, 0.4) is 0 Å². The highest BCUT2D eigenvalue weighted by molar-refractivity contribution is 5.62. The molecule has 0 aliphatic carbocycles. The lowest BCUT2D eigenvalue weighted by atomic mass is 10.0. The quantitative estimate of drug-likeness (QED) is 0.724. The highest BCUT2D eigenvalue weighted by atomic mass is 19.1. The highest BCUT2D eigenvalue weighted by Gasteiger charge is 2.23. The smallest absolute Gasteiger partial charge is 0.134 e. The van der Waals surface area contributed by atoms with E-state index in [1.165, 1.54) is 0 Å². The molecule has 0 bridgehead atoms. The van der Waals surface area contributed by atoms with Crippen molar-refractivity contribution >= 4 is 11.5 Å². The Hall–Kier alpha value is -3.46. The molecule has 6 heteroatoms. The molecule has 146 valence electrons. The van der Waals surface area contributed by atoms with Crippen LogP contribution < -0.4 is 10.2 Å². The Balaban J connectivity index is 1.58. The van der Waals surface area contributed by atoms with Gasteiger partial charge in [-0.15, -0.1) is 0 Å². The summed E-state index contributed by atoms with van der Waals surface area (Å²) in [5.41, 5.74) is 6.21. The van der Waals surface area contributed by atoms with Crippen molar-refractivity contribution in [3.63, 3.8) is 0 Å². The topological polar surface area (TPSA) is 64.8 Å². The number of fused-ring (bicyclic) bond motifs is 1. The number of benzene rings is 2. The van der Waals surface area contributed by atoms with Crippen LogP contribution in [0.4, 0.5) is 15.9 Å². The summed E-state index contributed by atoms with van der Waals surface area (Å²) in [6.07, 6.45) is 2.35. The van der Waals surface area contributed by atoms with Crippen molar-refractivity contribution < 1.29 is 4.39 Å². The number of nitrogens with one attached hydrogen (secondary N) is 1. The van der Waals surface area contributed by atoms with E-state index in [0.717, 1.165) is 46.9 Å². The van der Waals surface area contributed by atoms with Gasteiger partial charge < -0.3 is 10.2 Å². The molecule has 1 aromatic heterocycles. The fourth-order valence-electron chi connectivity index (χ4n) is 3.65. The van der Waals surface area contributed by atoms with Crippen LogP contribution in [-0.2, 0) is 19.5 Å². The molecule has 1 aliphatic rings. The summed E-state index contributed by atoms with van der Waals surface area (Å²) in [6, 6.07) is 13.5. The zero-order valence-electron chi connectivity index (χ0n) is 16.5. The highest BCUT2D eigenvalue weighted by Crippen LogP contribution is 2.29. The van der Waals surface area contributed by atoms with Gasteiger partial charge in [0.15, 0.2) is 0 Å². The Bertz CT molecular complexity index is 1100. The fraction of sp³-hybridized carbons (Fsp3) is 0.261. The molecule has 1 aliphatic heterocycles. The van der Waals surface area contributed by atoms with Crippen molar-refractivity contribution in [1.82, 2.24) is 9.97 Å². The second-order valence-electron chi connectivity index (χ2n) is 7.39. The summed E-state index contributed by atoms with van der Waals surface area (Å²) in [4.78, 5) is 11.1. The number of aryl methyl sites for hydroxylation is 2. The van der Waals surface area contributed by atoms with Crippen molar-refractivity contribution in [2.75, 3.05) is 16.8 Å². The normalized spacial score (nSPS) is 13.0. The van der Waals surface area contributed by atoms with E-state index in [2.05, 4.69) is 26.3 Å². The minimum Gasteiger partial charge on any atom is -0.366 e. The predicted molar refractivity (Wildman–Crippen MR) is 111 cm³/mol. The van der Waals surface area contributed by atoms with Crippen molar-refractivity contribution in [1.29, 1.82) is 5.26 Å². The standard InChI is InChI=1S/C23H22FN5/c1-15-3-6-22(18(9-15)11-25)29-8-7-21-19(13-29)23(28-14-27-21)26-12-17-5-4-16(2)20(24)10-17/h3-6,9-10,14H,7-8,12-13H2,1-2H3,(H,26,27,28). The number of hydrogen-bond acceptors (Lipinski definition) is 5. The van der Waals surface area contributed by atoms with Gasteiger partial charge in [-0.1, -0.05) is 18.2 Å². The Kier molecular flexibility index (Phi) is 5.13. The van der Waals surface area contributed by atoms with E-state index in [1.807, 2.05) is 31.2 Å². The molecule has 2 heterocycles. The Morgan fingerprint density at radius 2 is 2.03 bits per heavy atom. The van der Waals surface area contributed by atoms with E-state index >= 15 is 0 Å². The predicted octanol–water partition coefficient (Wildman–Crippen LogP) is 4.28. The zero-order chi connectivity index (χ0) is 20.4. The number of nitriles is 1.